The first-order valence-corrected chi connectivity index (χ1v) is 6.42. The van der Waals surface area contributed by atoms with Crippen molar-refractivity contribution in [3.63, 3.8) is 0 Å². The molecule has 90 valence electrons. The van der Waals surface area contributed by atoms with Gasteiger partial charge < -0.3 is 4.98 Å². The number of pyridine rings is 1. The summed E-state index contributed by atoms with van der Waals surface area (Å²) in [5.41, 5.74) is 1.10. The Hall–Kier alpha value is -1.57. The molecule has 2 aromatic rings. The largest absolute Gasteiger partial charge is 0.326 e. The highest BCUT2D eigenvalue weighted by molar-refractivity contribution is 5.81. The van der Waals surface area contributed by atoms with E-state index in [1.165, 1.54) is 19.3 Å². The van der Waals surface area contributed by atoms with E-state index in [2.05, 4.69) is 18.0 Å². The molecule has 17 heavy (non-hydrogen) atoms. The Morgan fingerprint density at radius 2 is 1.94 bits per heavy atom. The van der Waals surface area contributed by atoms with Crippen LogP contribution in [0.15, 0.2) is 35.1 Å². The molecule has 0 unspecified atom stereocenters. The highest BCUT2D eigenvalue weighted by Gasteiger charge is 2.00. The van der Waals surface area contributed by atoms with Gasteiger partial charge in [0, 0.05) is 11.1 Å². The number of hydrogen-bond acceptors (Lipinski definition) is 1. The highest BCUT2D eigenvalue weighted by Crippen LogP contribution is 2.12. The van der Waals surface area contributed by atoms with Gasteiger partial charge in [-0.3, -0.25) is 4.79 Å². The third kappa shape index (κ3) is 2.96. The summed E-state index contributed by atoms with van der Waals surface area (Å²) in [6, 6.07) is 9.85. The zero-order valence-corrected chi connectivity index (χ0v) is 10.3. The van der Waals surface area contributed by atoms with Gasteiger partial charge in [-0.25, -0.2) is 0 Å². The fourth-order valence-corrected chi connectivity index (χ4v) is 2.14. The number of benzene rings is 1. The van der Waals surface area contributed by atoms with Gasteiger partial charge in [0.25, 0.3) is 5.56 Å². The minimum absolute atomic E-state index is 0.0357. The van der Waals surface area contributed by atoms with Crippen molar-refractivity contribution in [2.45, 2.75) is 39.0 Å². The fraction of sp³-hybridized carbons (Fsp3) is 0.400. The SMILES string of the molecule is CCCCCCc1cc2ccccc2c(=O)[nH]1. The summed E-state index contributed by atoms with van der Waals surface area (Å²) in [6.07, 6.45) is 5.89. The molecule has 0 bridgehead atoms. The van der Waals surface area contributed by atoms with Crippen molar-refractivity contribution in [3.8, 4) is 0 Å². The Morgan fingerprint density at radius 1 is 1.12 bits per heavy atom. The second-order valence-electron chi connectivity index (χ2n) is 4.52. The van der Waals surface area contributed by atoms with Crippen LogP contribution in [0.3, 0.4) is 0 Å². The van der Waals surface area contributed by atoms with Gasteiger partial charge in [0.15, 0.2) is 0 Å². The lowest BCUT2D eigenvalue weighted by Gasteiger charge is -2.03. The Labute approximate surface area is 102 Å². The number of rotatable bonds is 5. The van der Waals surface area contributed by atoms with E-state index >= 15 is 0 Å². The molecule has 1 aromatic heterocycles. The first kappa shape index (κ1) is 11.9. The number of H-pyrrole nitrogens is 1. The monoisotopic (exact) mass is 229 g/mol. The van der Waals surface area contributed by atoms with E-state index in [0.717, 1.165) is 29.3 Å². The molecular weight excluding hydrogens is 210 g/mol. The van der Waals surface area contributed by atoms with E-state index in [-0.39, 0.29) is 5.56 Å². The molecule has 1 heterocycles. The first-order chi connectivity index (χ1) is 8.31. The van der Waals surface area contributed by atoms with Crippen LogP contribution in [0.4, 0.5) is 0 Å². The molecule has 2 heteroatoms. The van der Waals surface area contributed by atoms with Crippen LogP contribution in [0.1, 0.15) is 38.3 Å². The van der Waals surface area contributed by atoms with E-state index in [0.29, 0.717) is 0 Å². The van der Waals surface area contributed by atoms with E-state index in [9.17, 15) is 4.79 Å². The number of unbranched alkanes of at least 4 members (excludes halogenated alkanes) is 3. The number of aromatic amines is 1. The molecule has 2 rings (SSSR count). The third-order valence-corrected chi connectivity index (χ3v) is 3.11. The van der Waals surface area contributed by atoms with Gasteiger partial charge in [-0.1, -0.05) is 44.4 Å². The van der Waals surface area contributed by atoms with Crippen LogP contribution < -0.4 is 5.56 Å². The lowest BCUT2D eigenvalue weighted by Crippen LogP contribution is -2.09. The van der Waals surface area contributed by atoms with Crippen molar-refractivity contribution in [2.75, 3.05) is 0 Å². The number of nitrogens with one attached hydrogen (secondary N) is 1. The Kier molecular flexibility index (Phi) is 3.97. The number of hydrogen-bond donors (Lipinski definition) is 1. The molecule has 0 aliphatic carbocycles. The zero-order chi connectivity index (χ0) is 12.1. The molecular formula is C15H19NO. The van der Waals surface area contributed by atoms with Crippen molar-refractivity contribution in [1.29, 1.82) is 0 Å². The second kappa shape index (κ2) is 5.67. The standard InChI is InChI=1S/C15H19NO/c1-2-3-4-5-9-13-11-12-8-6-7-10-14(12)15(17)16-13/h6-8,10-11H,2-5,9H2,1H3,(H,16,17). The van der Waals surface area contributed by atoms with Crippen molar-refractivity contribution >= 4 is 10.8 Å². The average Bonchev–Trinajstić information content (AvgIpc) is 2.35. The van der Waals surface area contributed by atoms with Crippen LogP contribution in [0.25, 0.3) is 10.8 Å². The summed E-state index contributed by atoms with van der Waals surface area (Å²) in [5.74, 6) is 0. The maximum atomic E-state index is 11.8. The maximum absolute atomic E-state index is 11.8. The van der Waals surface area contributed by atoms with Crippen LogP contribution in [-0.4, -0.2) is 4.98 Å². The number of aromatic nitrogens is 1. The average molecular weight is 229 g/mol. The van der Waals surface area contributed by atoms with E-state index < -0.39 is 0 Å². The van der Waals surface area contributed by atoms with E-state index in [4.69, 9.17) is 0 Å². The quantitative estimate of drug-likeness (QED) is 0.780. The van der Waals surface area contributed by atoms with Crippen LogP contribution in [0.5, 0.6) is 0 Å². The van der Waals surface area contributed by atoms with Gasteiger partial charge >= 0.3 is 0 Å². The van der Waals surface area contributed by atoms with Gasteiger partial charge in [-0.05, 0) is 30.4 Å². The zero-order valence-electron chi connectivity index (χ0n) is 10.3. The van der Waals surface area contributed by atoms with Crippen molar-refractivity contribution < 1.29 is 0 Å². The van der Waals surface area contributed by atoms with Crippen LogP contribution >= 0.6 is 0 Å². The topological polar surface area (TPSA) is 32.9 Å². The molecule has 0 saturated heterocycles. The smallest absolute Gasteiger partial charge is 0.256 e. The normalized spacial score (nSPS) is 10.9. The molecule has 0 aliphatic heterocycles. The summed E-state index contributed by atoms with van der Waals surface area (Å²) in [6.45, 7) is 2.21. The van der Waals surface area contributed by atoms with Crippen molar-refractivity contribution in [1.82, 2.24) is 4.98 Å². The van der Waals surface area contributed by atoms with Crippen molar-refractivity contribution in [2.24, 2.45) is 0 Å². The summed E-state index contributed by atoms with van der Waals surface area (Å²) < 4.78 is 0. The minimum Gasteiger partial charge on any atom is -0.326 e. The summed E-state index contributed by atoms with van der Waals surface area (Å²) in [5, 5.41) is 1.83. The van der Waals surface area contributed by atoms with Crippen LogP contribution in [0.2, 0.25) is 0 Å². The third-order valence-electron chi connectivity index (χ3n) is 3.11. The minimum atomic E-state index is 0.0357. The molecule has 0 aliphatic rings. The predicted octanol–water partition coefficient (Wildman–Crippen LogP) is 3.65. The Morgan fingerprint density at radius 3 is 2.76 bits per heavy atom. The predicted molar refractivity (Wildman–Crippen MR) is 72.4 cm³/mol. The lowest BCUT2D eigenvalue weighted by atomic mass is 10.1. The molecule has 0 radical (unpaired) electrons. The Bertz CT molecular complexity index is 542. The molecule has 0 spiro atoms. The molecule has 1 N–H and O–H groups in total. The van der Waals surface area contributed by atoms with Crippen LogP contribution in [0, 0.1) is 0 Å². The summed E-state index contributed by atoms with van der Waals surface area (Å²) in [7, 11) is 0. The second-order valence-corrected chi connectivity index (χ2v) is 4.52. The lowest BCUT2D eigenvalue weighted by molar-refractivity contribution is 0.660. The molecule has 0 saturated carbocycles. The highest BCUT2D eigenvalue weighted by atomic mass is 16.1. The maximum Gasteiger partial charge on any atom is 0.256 e. The number of fused-ring (bicyclic) bond motifs is 1. The molecule has 0 fully saturated rings. The molecule has 1 aromatic carbocycles. The van der Waals surface area contributed by atoms with Gasteiger partial charge in [-0.15, -0.1) is 0 Å². The number of aryl methyl sites for hydroxylation is 1. The summed E-state index contributed by atoms with van der Waals surface area (Å²) >= 11 is 0. The van der Waals surface area contributed by atoms with Gasteiger partial charge in [0.1, 0.15) is 0 Å². The van der Waals surface area contributed by atoms with Crippen LogP contribution in [-0.2, 0) is 6.42 Å². The van der Waals surface area contributed by atoms with Gasteiger partial charge in [0.05, 0.1) is 0 Å². The van der Waals surface area contributed by atoms with Crippen molar-refractivity contribution in [3.05, 3.63) is 46.4 Å². The van der Waals surface area contributed by atoms with E-state index in [1.807, 2.05) is 24.3 Å². The van der Waals surface area contributed by atoms with Gasteiger partial charge in [-0.2, -0.15) is 0 Å². The first-order valence-electron chi connectivity index (χ1n) is 6.42. The Balaban J connectivity index is 2.16. The molecule has 0 atom stereocenters. The fourth-order valence-electron chi connectivity index (χ4n) is 2.14. The summed E-state index contributed by atoms with van der Waals surface area (Å²) in [4.78, 5) is 14.8. The molecule has 0 amide bonds. The van der Waals surface area contributed by atoms with Gasteiger partial charge in [0.2, 0.25) is 0 Å². The van der Waals surface area contributed by atoms with E-state index in [1.54, 1.807) is 0 Å². The molecule has 2 nitrogen and oxygen atoms in total.